The van der Waals surface area contributed by atoms with Gasteiger partial charge in [0.25, 0.3) is 5.56 Å². The fourth-order valence-electron chi connectivity index (χ4n) is 3.03. The van der Waals surface area contributed by atoms with Gasteiger partial charge in [0, 0.05) is 37.8 Å². The van der Waals surface area contributed by atoms with Crippen molar-refractivity contribution < 1.29 is 18.7 Å². The summed E-state index contributed by atoms with van der Waals surface area (Å²) in [4.78, 5) is 27.0. The Morgan fingerprint density at radius 1 is 1.19 bits per heavy atom. The Bertz CT molecular complexity index is 861. The second-order valence-corrected chi connectivity index (χ2v) is 6.28. The minimum absolute atomic E-state index is 0.118. The number of nitrogens with zero attached hydrogens (tertiary/aromatic N) is 2. The quantitative estimate of drug-likeness (QED) is 0.779. The minimum Gasteiger partial charge on any atom is -0.488 e. The summed E-state index contributed by atoms with van der Waals surface area (Å²) in [5.41, 5.74) is 1.43. The maximum absolute atomic E-state index is 13.0. The van der Waals surface area contributed by atoms with E-state index in [0.717, 1.165) is 18.7 Å². The zero-order valence-electron chi connectivity index (χ0n) is 14.8. The number of hydrogen-bond donors (Lipinski definition) is 0. The summed E-state index contributed by atoms with van der Waals surface area (Å²) < 4.78 is 25.3. The lowest BCUT2D eigenvalue weighted by Gasteiger charge is -2.17. The largest absolute Gasteiger partial charge is 0.488 e. The molecule has 6 nitrogen and oxygen atoms in total. The van der Waals surface area contributed by atoms with Crippen molar-refractivity contribution in [1.82, 2.24) is 9.47 Å². The molecule has 1 aromatic heterocycles. The predicted octanol–water partition coefficient (Wildman–Crippen LogP) is 1.84. The average Bonchev–Trinajstić information content (AvgIpc) is 2.83. The zero-order valence-corrected chi connectivity index (χ0v) is 14.8. The number of aromatic nitrogens is 1. The summed E-state index contributed by atoms with van der Waals surface area (Å²) in [6.45, 7) is 2.08. The van der Waals surface area contributed by atoms with Crippen LogP contribution in [0, 0.1) is 5.82 Å². The molecular weight excluding hydrogens is 339 g/mol. The van der Waals surface area contributed by atoms with Crippen LogP contribution < -0.4 is 10.3 Å². The van der Waals surface area contributed by atoms with Crippen molar-refractivity contribution in [2.24, 2.45) is 0 Å². The second-order valence-electron chi connectivity index (χ2n) is 6.28. The molecule has 7 heteroatoms. The van der Waals surface area contributed by atoms with Crippen LogP contribution in [0.4, 0.5) is 4.39 Å². The number of halogens is 1. The van der Waals surface area contributed by atoms with E-state index in [1.165, 1.54) is 25.3 Å². The Morgan fingerprint density at radius 2 is 1.92 bits per heavy atom. The van der Waals surface area contributed by atoms with Gasteiger partial charge in [0.05, 0.1) is 7.11 Å². The normalized spacial score (nSPS) is 14.4. The Balaban J connectivity index is 1.98. The molecule has 0 atom stereocenters. The fraction of sp³-hybridized carbons (Fsp3) is 0.368. The predicted molar refractivity (Wildman–Crippen MR) is 94.0 cm³/mol. The highest BCUT2D eigenvalue weighted by atomic mass is 19.1. The molecule has 1 aliphatic rings. The highest BCUT2D eigenvalue weighted by Gasteiger charge is 2.25. The van der Waals surface area contributed by atoms with E-state index in [-0.39, 0.29) is 29.3 Å². The summed E-state index contributed by atoms with van der Waals surface area (Å²) in [5.74, 6) is -0.675. The smallest absolute Gasteiger partial charge is 0.343 e. The van der Waals surface area contributed by atoms with Gasteiger partial charge in [0.2, 0.25) is 0 Å². The Labute approximate surface area is 150 Å². The van der Waals surface area contributed by atoms with Gasteiger partial charge in [-0.1, -0.05) is 12.1 Å². The molecule has 0 saturated heterocycles. The lowest BCUT2D eigenvalue weighted by molar-refractivity contribution is 0.0592. The number of esters is 1. The van der Waals surface area contributed by atoms with Crippen LogP contribution in [0.2, 0.25) is 0 Å². The Kier molecular flexibility index (Phi) is 5.37. The molecule has 0 spiro atoms. The molecule has 0 unspecified atom stereocenters. The van der Waals surface area contributed by atoms with Gasteiger partial charge >= 0.3 is 5.97 Å². The molecule has 0 radical (unpaired) electrons. The molecule has 26 heavy (non-hydrogen) atoms. The molecule has 1 aliphatic heterocycles. The molecule has 0 aliphatic carbocycles. The van der Waals surface area contributed by atoms with Gasteiger partial charge in [-0.05, 0) is 24.7 Å². The maximum atomic E-state index is 13.0. The average molecular weight is 360 g/mol. The van der Waals surface area contributed by atoms with Gasteiger partial charge in [0.1, 0.15) is 23.7 Å². The lowest BCUT2D eigenvalue weighted by Crippen LogP contribution is -2.28. The number of likely N-dealkylation sites (N-methyl/N-ethyl adjacent to an activating group) is 1. The van der Waals surface area contributed by atoms with Crippen molar-refractivity contribution in [2.75, 3.05) is 27.2 Å². The van der Waals surface area contributed by atoms with Crippen LogP contribution in [0.15, 0.2) is 35.1 Å². The number of fused-ring (bicyclic) bond motifs is 1. The molecule has 0 saturated carbocycles. The van der Waals surface area contributed by atoms with Crippen molar-refractivity contribution in [3.63, 3.8) is 0 Å². The zero-order chi connectivity index (χ0) is 18.7. The van der Waals surface area contributed by atoms with E-state index in [0.29, 0.717) is 18.7 Å². The molecule has 3 rings (SSSR count). The first-order chi connectivity index (χ1) is 12.5. The van der Waals surface area contributed by atoms with Gasteiger partial charge in [-0.3, -0.25) is 4.79 Å². The molecule has 2 aromatic rings. The highest BCUT2D eigenvalue weighted by molar-refractivity contribution is 5.93. The SMILES string of the molecule is COC(=O)c1c(OCc2ccc(F)cc2)cc(=O)n2c1CCN(C)CC2. The molecule has 0 fully saturated rings. The van der Waals surface area contributed by atoms with Gasteiger partial charge in [-0.25, -0.2) is 9.18 Å². The third-order valence-corrected chi connectivity index (χ3v) is 4.51. The van der Waals surface area contributed by atoms with Crippen molar-refractivity contribution in [3.8, 4) is 5.75 Å². The lowest BCUT2D eigenvalue weighted by atomic mass is 10.1. The molecular formula is C19H21FN2O4. The van der Waals surface area contributed by atoms with Crippen LogP contribution in [0.1, 0.15) is 21.6 Å². The van der Waals surface area contributed by atoms with Crippen LogP contribution in [0.5, 0.6) is 5.75 Å². The Morgan fingerprint density at radius 3 is 2.62 bits per heavy atom. The molecule has 2 heterocycles. The van der Waals surface area contributed by atoms with Crippen molar-refractivity contribution in [2.45, 2.75) is 19.6 Å². The van der Waals surface area contributed by atoms with E-state index in [4.69, 9.17) is 9.47 Å². The van der Waals surface area contributed by atoms with Crippen molar-refractivity contribution in [3.05, 3.63) is 63.3 Å². The van der Waals surface area contributed by atoms with Crippen LogP contribution >= 0.6 is 0 Å². The standard InChI is InChI=1S/C19H21FN2O4/c1-21-8-7-15-18(19(24)25-2)16(11-17(23)22(15)10-9-21)26-12-13-3-5-14(20)6-4-13/h3-6,11H,7-10,12H2,1-2H3. The number of carbonyl (C=O) groups is 1. The number of methoxy groups -OCH3 is 1. The summed E-state index contributed by atoms with van der Waals surface area (Å²) >= 11 is 0. The summed E-state index contributed by atoms with van der Waals surface area (Å²) in [6.07, 6.45) is 0.546. The van der Waals surface area contributed by atoms with Crippen molar-refractivity contribution >= 4 is 5.97 Å². The monoisotopic (exact) mass is 360 g/mol. The minimum atomic E-state index is -0.535. The topological polar surface area (TPSA) is 60.8 Å². The van der Waals surface area contributed by atoms with E-state index in [9.17, 15) is 14.0 Å². The third-order valence-electron chi connectivity index (χ3n) is 4.51. The summed E-state index contributed by atoms with van der Waals surface area (Å²) in [5, 5.41) is 0. The first kappa shape index (κ1) is 18.1. The van der Waals surface area contributed by atoms with Gasteiger partial charge in [-0.2, -0.15) is 0 Å². The highest BCUT2D eigenvalue weighted by Crippen LogP contribution is 2.24. The van der Waals surface area contributed by atoms with Gasteiger partial charge in [-0.15, -0.1) is 0 Å². The van der Waals surface area contributed by atoms with Gasteiger partial charge < -0.3 is 18.9 Å². The number of pyridine rings is 1. The summed E-state index contributed by atoms with van der Waals surface area (Å²) in [6, 6.07) is 7.19. The molecule has 0 bridgehead atoms. The van der Waals surface area contributed by atoms with E-state index in [2.05, 4.69) is 4.90 Å². The van der Waals surface area contributed by atoms with Crippen molar-refractivity contribution in [1.29, 1.82) is 0 Å². The van der Waals surface area contributed by atoms with E-state index in [1.54, 1.807) is 16.7 Å². The molecule has 1 aromatic carbocycles. The number of carbonyl (C=O) groups excluding carboxylic acids is 1. The van der Waals surface area contributed by atoms with Gasteiger partial charge in [0.15, 0.2) is 0 Å². The van der Waals surface area contributed by atoms with E-state index >= 15 is 0 Å². The van der Waals surface area contributed by atoms with E-state index in [1.807, 2.05) is 7.05 Å². The van der Waals surface area contributed by atoms with Crippen LogP contribution in [0.3, 0.4) is 0 Å². The van der Waals surface area contributed by atoms with Crippen LogP contribution in [-0.2, 0) is 24.3 Å². The first-order valence-electron chi connectivity index (χ1n) is 8.40. The number of hydrogen-bond acceptors (Lipinski definition) is 5. The molecule has 0 N–H and O–H groups in total. The number of ether oxygens (including phenoxy) is 2. The molecule has 138 valence electrons. The summed E-state index contributed by atoms with van der Waals surface area (Å²) in [7, 11) is 3.28. The second kappa shape index (κ2) is 7.70. The Hall–Kier alpha value is -2.67. The van der Waals surface area contributed by atoms with Crippen LogP contribution in [0.25, 0.3) is 0 Å². The molecule has 0 amide bonds. The van der Waals surface area contributed by atoms with E-state index < -0.39 is 5.97 Å². The number of rotatable bonds is 4. The first-order valence-corrected chi connectivity index (χ1v) is 8.40. The van der Waals surface area contributed by atoms with Crippen LogP contribution in [-0.4, -0.2) is 42.7 Å². The third kappa shape index (κ3) is 3.77. The fourth-order valence-corrected chi connectivity index (χ4v) is 3.03. The maximum Gasteiger partial charge on any atom is 0.343 e. The number of benzene rings is 1.